The maximum Gasteiger partial charge on any atom is 0.354 e. The normalized spacial score (nSPS) is 15.5. The number of rotatable bonds is 5. The fourth-order valence-corrected chi connectivity index (χ4v) is 2.98. The minimum atomic E-state index is -1.14. The Balaban J connectivity index is 1.71. The Bertz CT molecular complexity index is 724. The van der Waals surface area contributed by atoms with Gasteiger partial charge in [0.1, 0.15) is 11.4 Å². The lowest BCUT2D eigenvalue weighted by molar-refractivity contribution is 0.0690. The van der Waals surface area contributed by atoms with Crippen LogP contribution in [0.1, 0.15) is 45.8 Å². The summed E-state index contributed by atoms with van der Waals surface area (Å²) in [5, 5.41) is 11.9. The van der Waals surface area contributed by atoms with Gasteiger partial charge in [-0.1, -0.05) is 42.8 Å². The third-order valence-corrected chi connectivity index (χ3v) is 4.49. The Hall–Kier alpha value is -2.69. The van der Waals surface area contributed by atoms with Gasteiger partial charge in [0.2, 0.25) is 0 Å². The van der Waals surface area contributed by atoms with E-state index in [-0.39, 0.29) is 22.7 Å². The fourth-order valence-electron chi connectivity index (χ4n) is 2.98. The van der Waals surface area contributed by atoms with Crippen LogP contribution in [-0.4, -0.2) is 28.5 Å². The van der Waals surface area contributed by atoms with Crippen LogP contribution in [0.5, 0.6) is 0 Å². The van der Waals surface area contributed by atoms with Gasteiger partial charge < -0.3 is 10.4 Å². The molecule has 5 heteroatoms. The quantitative estimate of drug-likeness (QED) is 0.890. The van der Waals surface area contributed by atoms with Crippen LogP contribution in [-0.2, 0) is 5.41 Å². The lowest BCUT2D eigenvalue weighted by atomic mass is 9.64. The van der Waals surface area contributed by atoms with Gasteiger partial charge in [-0.2, -0.15) is 0 Å². The second kappa shape index (κ2) is 6.20. The number of nitrogens with one attached hydrogen (secondary N) is 1. The predicted molar refractivity (Wildman–Crippen MR) is 85.5 cm³/mol. The largest absolute Gasteiger partial charge is 0.477 e. The first-order chi connectivity index (χ1) is 11.1. The molecule has 1 fully saturated rings. The highest BCUT2D eigenvalue weighted by molar-refractivity contribution is 5.94. The van der Waals surface area contributed by atoms with Crippen LogP contribution in [0.25, 0.3) is 0 Å². The molecule has 1 aromatic heterocycles. The molecule has 2 N–H and O–H groups in total. The van der Waals surface area contributed by atoms with Gasteiger partial charge in [0.05, 0.1) is 0 Å². The van der Waals surface area contributed by atoms with Crippen molar-refractivity contribution in [2.24, 2.45) is 0 Å². The molecule has 1 aliphatic rings. The number of pyridine rings is 1. The van der Waals surface area contributed by atoms with Gasteiger partial charge in [0.15, 0.2) is 0 Å². The molecular formula is C18H18N2O3. The lowest BCUT2D eigenvalue weighted by Gasteiger charge is -2.42. The molecule has 5 nitrogen and oxygen atoms in total. The topological polar surface area (TPSA) is 79.3 Å². The third-order valence-electron chi connectivity index (χ3n) is 4.49. The first kappa shape index (κ1) is 15.2. The number of aromatic nitrogens is 1. The summed E-state index contributed by atoms with van der Waals surface area (Å²) in [4.78, 5) is 27.1. The Labute approximate surface area is 134 Å². The van der Waals surface area contributed by atoms with Crippen LogP contribution in [0.3, 0.4) is 0 Å². The van der Waals surface area contributed by atoms with Crippen LogP contribution in [0.2, 0.25) is 0 Å². The SMILES string of the molecule is O=C(O)c1cccc(C(=O)NCC2(c3ccccc3)CCC2)n1. The molecule has 1 heterocycles. The van der Waals surface area contributed by atoms with Gasteiger partial charge in [-0.15, -0.1) is 0 Å². The highest BCUT2D eigenvalue weighted by atomic mass is 16.4. The molecule has 0 bridgehead atoms. The van der Waals surface area contributed by atoms with E-state index < -0.39 is 5.97 Å². The minimum absolute atomic E-state index is 0.0126. The second-order valence-corrected chi connectivity index (χ2v) is 5.90. The minimum Gasteiger partial charge on any atom is -0.477 e. The maximum atomic E-state index is 12.3. The molecule has 0 spiro atoms. The molecule has 0 aliphatic heterocycles. The van der Waals surface area contributed by atoms with Crippen LogP contribution < -0.4 is 5.32 Å². The van der Waals surface area contributed by atoms with Crippen LogP contribution in [0.4, 0.5) is 0 Å². The molecule has 3 rings (SSSR count). The number of carbonyl (C=O) groups is 2. The summed E-state index contributed by atoms with van der Waals surface area (Å²) in [6, 6.07) is 14.6. The lowest BCUT2D eigenvalue weighted by Crippen LogP contribution is -2.45. The van der Waals surface area contributed by atoms with Gasteiger partial charge in [-0.3, -0.25) is 4.79 Å². The van der Waals surface area contributed by atoms with E-state index in [1.807, 2.05) is 18.2 Å². The van der Waals surface area contributed by atoms with Crippen LogP contribution in [0.15, 0.2) is 48.5 Å². The highest BCUT2D eigenvalue weighted by Gasteiger charge is 2.38. The molecule has 0 radical (unpaired) electrons. The number of aromatic carboxylic acids is 1. The molecule has 1 amide bonds. The number of hydrogen-bond acceptors (Lipinski definition) is 3. The summed E-state index contributed by atoms with van der Waals surface area (Å²) in [7, 11) is 0. The fraction of sp³-hybridized carbons (Fsp3) is 0.278. The summed E-state index contributed by atoms with van der Waals surface area (Å²) >= 11 is 0. The summed E-state index contributed by atoms with van der Waals surface area (Å²) in [6.07, 6.45) is 3.23. The Kier molecular flexibility index (Phi) is 4.10. The summed E-state index contributed by atoms with van der Waals surface area (Å²) in [5.74, 6) is -1.48. The molecule has 118 valence electrons. The summed E-state index contributed by atoms with van der Waals surface area (Å²) in [6.45, 7) is 0.537. The van der Waals surface area contributed by atoms with Gasteiger partial charge in [0.25, 0.3) is 5.91 Å². The average molecular weight is 310 g/mol. The van der Waals surface area contributed by atoms with Crippen molar-refractivity contribution in [1.29, 1.82) is 0 Å². The van der Waals surface area contributed by atoms with Crippen molar-refractivity contribution < 1.29 is 14.7 Å². The van der Waals surface area contributed by atoms with E-state index in [4.69, 9.17) is 5.11 Å². The van der Waals surface area contributed by atoms with Crippen molar-refractivity contribution >= 4 is 11.9 Å². The first-order valence-electron chi connectivity index (χ1n) is 7.65. The molecular weight excluding hydrogens is 292 g/mol. The number of nitrogens with zero attached hydrogens (tertiary/aromatic N) is 1. The Morgan fingerprint density at radius 1 is 1.04 bits per heavy atom. The zero-order valence-electron chi connectivity index (χ0n) is 12.7. The van der Waals surface area contributed by atoms with E-state index in [2.05, 4.69) is 22.4 Å². The van der Waals surface area contributed by atoms with Crippen LogP contribution in [0, 0.1) is 0 Å². The van der Waals surface area contributed by atoms with Crippen molar-refractivity contribution in [3.8, 4) is 0 Å². The van der Waals surface area contributed by atoms with Crippen LogP contribution >= 0.6 is 0 Å². The van der Waals surface area contributed by atoms with E-state index in [0.29, 0.717) is 6.54 Å². The molecule has 2 aromatic rings. The smallest absolute Gasteiger partial charge is 0.354 e. The predicted octanol–water partition coefficient (Wildman–Crippen LogP) is 2.63. The first-order valence-corrected chi connectivity index (χ1v) is 7.65. The molecule has 1 aromatic carbocycles. The molecule has 0 atom stereocenters. The molecule has 1 aliphatic carbocycles. The van der Waals surface area contributed by atoms with E-state index in [1.54, 1.807) is 0 Å². The second-order valence-electron chi connectivity index (χ2n) is 5.90. The van der Waals surface area contributed by atoms with Gasteiger partial charge in [-0.05, 0) is 30.5 Å². The summed E-state index contributed by atoms with van der Waals surface area (Å²) < 4.78 is 0. The average Bonchev–Trinajstić information content (AvgIpc) is 2.55. The standard InChI is InChI=1S/C18H18N2O3/c21-16(14-8-4-9-15(20-14)17(22)23)19-12-18(10-5-11-18)13-6-2-1-3-7-13/h1-4,6-9H,5,10-12H2,(H,19,21)(H,22,23). The van der Waals surface area contributed by atoms with E-state index in [1.165, 1.54) is 23.8 Å². The monoisotopic (exact) mass is 310 g/mol. The van der Waals surface area contributed by atoms with Gasteiger partial charge in [0, 0.05) is 12.0 Å². The van der Waals surface area contributed by atoms with Crippen molar-refractivity contribution in [2.75, 3.05) is 6.54 Å². The molecule has 0 unspecified atom stereocenters. The van der Waals surface area contributed by atoms with Gasteiger partial charge >= 0.3 is 5.97 Å². The zero-order chi connectivity index (χ0) is 16.3. The number of hydrogen-bond donors (Lipinski definition) is 2. The maximum absolute atomic E-state index is 12.3. The van der Waals surface area contributed by atoms with Crippen molar-refractivity contribution in [1.82, 2.24) is 10.3 Å². The van der Waals surface area contributed by atoms with Crippen molar-refractivity contribution in [2.45, 2.75) is 24.7 Å². The van der Waals surface area contributed by atoms with E-state index in [0.717, 1.165) is 19.3 Å². The van der Waals surface area contributed by atoms with E-state index in [9.17, 15) is 9.59 Å². The molecule has 0 saturated heterocycles. The number of amides is 1. The molecule has 23 heavy (non-hydrogen) atoms. The number of carboxylic acids is 1. The van der Waals surface area contributed by atoms with Crippen molar-refractivity contribution in [3.63, 3.8) is 0 Å². The van der Waals surface area contributed by atoms with Crippen molar-refractivity contribution in [3.05, 3.63) is 65.5 Å². The number of carboxylic acid groups (broad SMARTS) is 1. The van der Waals surface area contributed by atoms with Gasteiger partial charge in [-0.25, -0.2) is 9.78 Å². The molecule has 1 saturated carbocycles. The number of benzene rings is 1. The third kappa shape index (κ3) is 3.08. The zero-order valence-corrected chi connectivity index (χ0v) is 12.7. The van der Waals surface area contributed by atoms with E-state index >= 15 is 0 Å². The Morgan fingerprint density at radius 3 is 2.35 bits per heavy atom. The summed E-state index contributed by atoms with van der Waals surface area (Å²) in [5.41, 5.74) is 1.23. The highest BCUT2D eigenvalue weighted by Crippen LogP contribution is 2.43. The Morgan fingerprint density at radius 2 is 1.74 bits per heavy atom. The number of carbonyl (C=O) groups excluding carboxylic acids is 1.